The highest BCUT2D eigenvalue weighted by atomic mass is 16.5. The molecule has 2 unspecified atom stereocenters. The molecule has 71 heavy (non-hydrogen) atoms. The Morgan fingerprint density at radius 2 is 0.958 bits per heavy atom. The van der Waals surface area contributed by atoms with Gasteiger partial charge in [0.15, 0.2) is 22.9 Å². The minimum Gasteiger partial charge on any atom is -0.502 e. The quantitative estimate of drug-likeness (QED) is 0.173. The summed E-state index contributed by atoms with van der Waals surface area (Å²) in [6, 6.07) is 48.3. The Morgan fingerprint density at radius 1 is 0.507 bits per heavy atom. The van der Waals surface area contributed by atoms with Gasteiger partial charge in [0.1, 0.15) is 19.9 Å². The van der Waals surface area contributed by atoms with Gasteiger partial charge < -0.3 is 29.1 Å². The molecule has 4 aliphatic rings. The minimum absolute atomic E-state index is 0.0242. The van der Waals surface area contributed by atoms with Gasteiger partial charge in [-0.2, -0.15) is 0 Å². The normalized spacial score (nSPS) is 18.1. The zero-order valence-corrected chi connectivity index (χ0v) is 38.9. The Bertz CT molecular complexity index is 3210. The topological polar surface area (TPSA) is 139 Å². The molecule has 14 nitrogen and oxygen atoms in total. The largest absolute Gasteiger partial charge is 0.502 e. The molecule has 4 aliphatic heterocycles. The summed E-state index contributed by atoms with van der Waals surface area (Å²) in [6.07, 6.45) is 10.8. The van der Waals surface area contributed by atoms with Crippen LogP contribution >= 0.6 is 0 Å². The van der Waals surface area contributed by atoms with Crippen molar-refractivity contribution in [2.45, 2.75) is 31.9 Å². The van der Waals surface area contributed by atoms with E-state index in [0.29, 0.717) is 46.2 Å². The molecule has 7 aromatic rings. The maximum absolute atomic E-state index is 13.9. The highest BCUT2D eigenvalue weighted by molar-refractivity contribution is 5.97. The molecule has 14 heteroatoms. The number of aromatic nitrogens is 2. The van der Waals surface area contributed by atoms with Crippen LogP contribution in [-0.4, -0.2) is 75.7 Å². The van der Waals surface area contributed by atoms with E-state index in [1.807, 2.05) is 139 Å². The fourth-order valence-corrected chi connectivity index (χ4v) is 9.50. The van der Waals surface area contributed by atoms with Gasteiger partial charge in [-0.1, -0.05) is 164 Å². The smallest absolute Gasteiger partial charge is 0.278 e. The number of hydrogen-bond acceptors (Lipinski definition) is 10. The summed E-state index contributed by atoms with van der Waals surface area (Å²) in [4.78, 5) is 55.8. The number of ether oxygens (including phenoxy) is 3. The SMILES string of the molecule is O=C1c2c(O)c(=O)ccn2N2CN1C/C=C/COCc1ccccc1C2c1ccccc1.O=C1c2c(OCc3ccccc3)c(=O)ccn2N2CN1CC=CCOCc1ccccc1C2c1ccccc1. The molecule has 2 atom stereocenters. The Kier molecular flexibility index (Phi) is 13.7. The van der Waals surface area contributed by atoms with Gasteiger partial charge in [-0.05, 0) is 38.9 Å². The lowest BCUT2D eigenvalue weighted by atomic mass is 9.94. The lowest BCUT2D eigenvalue weighted by molar-refractivity contribution is 0.0690. The molecule has 0 aliphatic carbocycles. The lowest BCUT2D eigenvalue weighted by Crippen LogP contribution is -2.55. The fraction of sp³-hybridized carbons (Fsp3) is 0.193. The first-order valence-electron chi connectivity index (χ1n) is 23.6. The molecule has 6 heterocycles. The van der Waals surface area contributed by atoms with Crippen molar-refractivity contribution in [3.63, 3.8) is 0 Å². The first-order chi connectivity index (χ1) is 34.9. The number of nitrogens with zero attached hydrogens (tertiary/aromatic N) is 6. The highest BCUT2D eigenvalue weighted by Crippen LogP contribution is 2.36. The van der Waals surface area contributed by atoms with Crippen LogP contribution in [0, 0.1) is 0 Å². The van der Waals surface area contributed by atoms with Gasteiger partial charge in [0.05, 0.1) is 38.5 Å². The monoisotopic (exact) mass is 948 g/mol. The summed E-state index contributed by atoms with van der Waals surface area (Å²) in [7, 11) is 0. The van der Waals surface area contributed by atoms with Crippen LogP contribution in [-0.2, 0) is 29.3 Å². The average Bonchev–Trinajstić information content (AvgIpc) is 3.40. The molecule has 358 valence electrons. The van der Waals surface area contributed by atoms with E-state index in [1.165, 1.54) is 12.1 Å². The molecule has 11 rings (SSSR count). The third kappa shape index (κ3) is 9.63. The van der Waals surface area contributed by atoms with Crippen molar-refractivity contribution in [3.8, 4) is 11.5 Å². The van der Waals surface area contributed by atoms with E-state index in [0.717, 1.165) is 38.9 Å². The first kappa shape index (κ1) is 46.3. The van der Waals surface area contributed by atoms with Crippen LogP contribution < -0.4 is 25.6 Å². The van der Waals surface area contributed by atoms with Crippen LogP contribution in [0.3, 0.4) is 0 Å². The standard InChI is InChI=1S/C32H29N3O4.C25H23N3O4/c36-28-17-19-34-30(31(28)39-21-24-11-3-1-4-12-24)32(37)33-18-9-10-20-38-22-26-15-7-8-16-27(26)29(35(34)23-33)25-13-5-2-6-14-25;29-21-12-14-27-23(24(21)30)25(31)26-13-6-7-15-32-16-19-10-4-5-11-20(19)22(28(27)17-26)18-8-2-1-3-9-18/h1-17,19,29H,18,20-23H2;1-12,14,22,30H,13,15-17H2/b;7-6+. The van der Waals surface area contributed by atoms with Crippen molar-refractivity contribution in [1.82, 2.24) is 19.2 Å². The zero-order valence-electron chi connectivity index (χ0n) is 38.9. The number of amides is 2. The molecule has 0 fully saturated rings. The Labute approximate surface area is 410 Å². The molecule has 0 saturated carbocycles. The minimum atomic E-state index is -0.576. The van der Waals surface area contributed by atoms with Crippen molar-refractivity contribution in [2.24, 2.45) is 0 Å². The van der Waals surface area contributed by atoms with Crippen LogP contribution in [0.2, 0.25) is 0 Å². The molecular formula is C57H52N6O8. The van der Waals surface area contributed by atoms with Crippen LogP contribution in [0.5, 0.6) is 11.5 Å². The van der Waals surface area contributed by atoms with Gasteiger partial charge in [0.2, 0.25) is 10.9 Å². The summed E-state index contributed by atoms with van der Waals surface area (Å²) in [6.45, 7) is 3.29. The second-order valence-corrected chi connectivity index (χ2v) is 17.4. The molecular weight excluding hydrogens is 897 g/mol. The van der Waals surface area contributed by atoms with Crippen LogP contribution in [0.4, 0.5) is 0 Å². The molecule has 2 aromatic heterocycles. The number of fused-ring (bicyclic) bond motifs is 10. The maximum Gasteiger partial charge on any atom is 0.278 e. The Morgan fingerprint density at radius 3 is 1.49 bits per heavy atom. The summed E-state index contributed by atoms with van der Waals surface area (Å²) in [5.74, 6) is -1.12. The summed E-state index contributed by atoms with van der Waals surface area (Å²) in [5, 5.41) is 14.7. The molecule has 0 spiro atoms. The Balaban J connectivity index is 0.000000167. The molecule has 4 bridgehead atoms. The van der Waals surface area contributed by atoms with Crippen LogP contribution in [0.1, 0.15) is 72.0 Å². The second-order valence-electron chi connectivity index (χ2n) is 17.4. The summed E-state index contributed by atoms with van der Waals surface area (Å²) >= 11 is 0. The van der Waals surface area contributed by atoms with Gasteiger partial charge in [0, 0.05) is 37.6 Å². The van der Waals surface area contributed by atoms with Crippen molar-refractivity contribution >= 4 is 11.8 Å². The fourth-order valence-electron chi connectivity index (χ4n) is 9.50. The van der Waals surface area contributed by atoms with Crippen LogP contribution in [0.15, 0.2) is 198 Å². The number of carbonyl (C=O) groups excluding carboxylic acids is 2. The molecule has 5 aromatic carbocycles. The number of rotatable bonds is 5. The summed E-state index contributed by atoms with van der Waals surface area (Å²) in [5.41, 5.74) is 6.49. The van der Waals surface area contributed by atoms with E-state index in [9.17, 15) is 24.3 Å². The molecule has 0 radical (unpaired) electrons. The summed E-state index contributed by atoms with van der Waals surface area (Å²) < 4.78 is 21.3. The number of hydrogen-bond donors (Lipinski definition) is 1. The Hall–Kier alpha value is -8.46. The second kappa shape index (κ2) is 21.0. The molecule has 1 N–H and O–H groups in total. The first-order valence-corrected chi connectivity index (χ1v) is 23.6. The number of aromatic hydroxyl groups is 1. The van der Waals surface area contributed by atoms with Crippen molar-refractivity contribution in [3.05, 3.63) is 259 Å². The van der Waals surface area contributed by atoms with Crippen molar-refractivity contribution in [2.75, 3.05) is 49.7 Å². The number of benzene rings is 5. The van der Waals surface area contributed by atoms with E-state index in [4.69, 9.17) is 14.2 Å². The van der Waals surface area contributed by atoms with Crippen molar-refractivity contribution < 1.29 is 28.9 Å². The van der Waals surface area contributed by atoms with E-state index >= 15 is 0 Å². The third-order valence-electron chi connectivity index (χ3n) is 12.9. The predicted molar refractivity (Wildman–Crippen MR) is 269 cm³/mol. The molecule has 2 amide bonds. The number of pyridine rings is 2. The van der Waals surface area contributed by atoms with E-state index < -0.39 is 11.2 Å². The third-order valence-corrected chi connectivity index (χ3v) is 12.9. The van der Waals surface area contributed by atoms with Gasteiger partial charge in [-0.3, -0.25) is 38.5 Å². The highest BCUT2D eigenvalue weighted by Gasteiger charge is 2.39. The van der Waals surface area contributed by atoms with Crippen molar-refractivity contribution in [1.29, 1.82) is 0 Å². The van der Waals surface area contributed by atoms with Gasteiger partial charge in [-0.25, -0.2) is 0 Å². The van der Waals surface area contributed by atoms with E-state index in [-0.39, 0.29) is 59.7 Å². The zero-order chi connectivity index (χ0) is 48.7. The maximum atomic E-state index is 13.9. The average molecular weight is 949 g/mol. The number of carbonyl (C=O) groups is 2. The van der Waals surface area contributed by atoms with E-state index in [1.54, 1.807) is 31.5 Å². The van der Waals surface area contributed by atoms with E-state index in [2.05, 4.69) is 35.3 Å². The van der Waals surface area contributed by atoms with Gasteiger partial charge in [0.25, 0.3) is 11.8 Å². The van der Waals surface area contributed by atoms with Gasteiger partial charge in [-0.15, -0.1) is 0 Å². The van der Waals surface area contributed by atoms with Gasteiger partial charge >= 0.3 is 0 Å². The lowest BCUT2D eigenvalue weighted by Gasteiger charge is -2.44. The predicted octanol–water partition coefficient (Wildman–Crippen LogP) is 7.44. The van der Waals surface area contributed by atoms with Crippen LogP contribution in [0.25, 0.3) is 0 Å². The molecule has 0 saturated heterocycles.